The van der Waals surface area contributed by atoms with Gasteiger partial charge in [-0.05, 0) is 98.5 Å². The Hall–Kier alpha value is -4.02. The highest BCUT2D eigenvalue weighted by molar-refractivity contribution is 7.92. The highest BCUT2D eigenvalue weighted by Gasteiger charge is 2.23. The van der Waals surface area contributed by atoms with E-state index in [4.69, 9.17) is 9.47 Å². The molecule has 210 valence electrons. The van der Waals surface area contributed by atoms with Gasteiger partial charge in [-0.1, -0.05) is 24.3 Å². The maximum absolute atomic E-state index is 13.0. The van der Waals surface area contributed by atoms with Gasteiger partial charge in [0, 0.05) is 0 Å². The van der Waals surface area contributed by atoms with Crippen LogP contribution >= 0.6 is 0 Å². The van der Waals surface area contributed by atoms with Crippen LogP contribution in [0.2, 0.25) is 0 Å². The summed E-state index contributed by atoms with van der Waals surface area (Å²) >= 11 is 0. The fourth-order valence-corrected chi connectivity index (χ4v) is 6.81. The van der Waals surface area contributed by atoms with Crippen LogP contribution in [-0.4, -0.2) is 40.3 Å². The van der Waals surface area contributed by atoms with Gasteiger partial charge in [-0.15, -0.1) is 0 Å². The molecule has 8 nitrogen and oxygen atoms in total. The van der Waals surface area contributed by atoms with E-state index >= 15 is 0 Å². The summed E-state index contributed by atoms with van der Waals surface area (Å²) in [6.07, 6.45) is 3.01. The predicted octanol–water partition coefficient (Wildman–Crippen LogP) is 5.78. The van der Waals surface area contributed by atoms with Crippen molar-refractivity contribution in [2.45, 2.75) is 45.3 Å². The third-order valence-electron chi connectivity index (χ3n) is 6.13. The van der Waals surface area contributed by atoms with Crippen molar-refractivity contribution in [3.63, 3.8) is 0 Å². The van der Waals surface area contributed by atoms with Crippen molar-refractivity contribution in [2.75, 3.05) is 13.2 Å². The molecule has 0 atom stereocenters. The number of hydrogen-bond acceptors (Lipinski definition) is 8. The Balaban J connectivity index is 1.25. The van der Waals surface area contributed by atoms with E-state index < -0.39 is 19.7 Å². The molecule has 0 saturated carbocycles. The van der Waals surface area contributed by atoms with Crippen LogP contribution < -0.4 is 9.47 Å². The van der Waals surface area contributed by atoms with Gasteiger partial charge in [-0.2, -0.15) is 0 Å². The molecule has 0 aliphatic rings. The summed E-state index contributed by atoms with van der Waals surface area (Å²) in [6, 6.07) is 23.6. The highest BCUT2D eigenvalue weighted by Crippen LogP contribution is 2.31. The van der Waals surface area contributed by atoms with Crippen molar-refractivity contribution in [3.05, 3.63) is 97.1 Å². The first-order chi connectivity index (χ1) is 19.2. The monoisotopic (exact) mass is 582 g/mol. The Morgan fingerprint density at radius 2 is 0.825 bits per heavy atom. The van der Waals surface area contributed by atoms with Gasteiger partial charge in [0.25, 0.3) is 0 Å². The fourth-order valence-electron chi connectivity index (χ4n) is 4.01. The van der Waals surface area contributed by atoms with E-state index in [2.05, 4.69) is 0 Å². The van der Waals surface area contributed by atoms with Gasteiger partial charge in [0.05, 0.1) is 23.0 Å². The van der Waals surface area contributed by atoms with Crippen LogP contribution in [0.4, 0.5) is 0 Å². The minimum absolute atomic E-state index is 0.0165. The average molecular weight is 583 g/mol. The van der Waals surface area contributed by atoms with Gasteiger partial charge >= 0.3 is 0 Å². The molecule has 10 heteroatoms. The van der Waals surface area contributed by atoms with Crippen molar-refractivity contribution in [3.8, 4) is 23.0 Å². The molecule has 0 aliphatic carbocycles. The number of rotatable bonds is 13. The first kappa shape index (κ1) is 29.0. The second kappa shape index (κ2) is 12.9. The average Bonchev–Trinajstić information content (AvgIpc) is 2.95. The van der Waals surface area contributed by atoms with Crippen LogP contribution in [0.3, 0.4) is 0 Å². The predicted molar refractivity (Wildman–Crippen MR) is 149 cm³/mol. The van der Waals surface area contributed by atoms with Gasteiger partial charge in [0.15, 0.2) is 0 Å². The maximum atomic E-state index is 13.0. The molecule has 2 N–H and O–H groups in total. The van der Waals surface area contributed by atoms with Crippen molar-refractivity contribution >= 4 is 19.7 Å². The smallest absolute Gasteiger partial charge is 0.210 e. The van der Waals surface area contributed by atoms with Gasteiger partial charge in [0.1, 0.15) is 32.8 Å². The number of unbranched alkanes of at least 4 members (excludes halogenated alkanes) is 3. The number of aromatic hydroxyl groups is 2. The van der Waals surface area contributed by atoms with Crippen LogP contribution in [0.15, 0.2) is 117 Å². The molecule has 0 aliphatic heterocycles. The van der Waals surface area contributed by atoms with Crippen molar-refractivity contribution in [2.24, 2.45) is 0 Å². The number of hydrogen-bond donors (Lipinski definition) is 2. The van der Waals surface area contributed by atoms with Crippen LogP contribution in [0.25, 0.3) is 0 Å². The molecule has 0 radical (unpaired) electrons. The van der Waals surface area contributed by atoms with Gasteiger partial charge < -0.3 is 19.7 Å². The van der Waals surface area contributed by atoms with E-state index in [0.717, 1.165) is 12.8 Å². The quantitative estimate of drug-likeness (QED) is 0.190. The van der Waals surface area contributed by atoms with E-state index in [0.29, 0.717) is 26.1 Å². The minimum Gasteiger partial charge on any atom is -0.508 e. The van der Waals surface area contributed by atoms with Crippen molar-refractivity contribution < 1.29 is 36.5 Å². The lowest BCUT2D eigenvalue weighted by atomic mass is 10.2. The molecule has 0 spiro atoms. The Bertz CT molecular complexity index is 1510. The Morgan fingerprint density at radius 1 is 0.475 bits per heavy atom. The largest absolute Gasteiger partial charge is 0.508 e. The van der Waals surface area contributed by atoms with Crippen LogP contribution in [-0.2, 0) is 19.7 Å². The number of sulfone groups is 2. The summed E-state index contributed by atoms with van der Waals surface area (Å²) in [5, 5.41) is 18.9. The number of phenolic OH excluding ortho intramolecular Hbond substituents is 2. The molecule has 4 aromatic rings. The molecule has 40 heavy (non-hydrogen) atoms. The van der Waals surface area contributed by atoms with Gasteiger partial charge in [0.2, 0.25) is 19.7 Å². The van der Waals surface area contributed by atoms with Crippen molar-refractivity contribution in [1.29, 1.82) is 0 Å². The molecule has 4 aromatic carbocycles. The van der Waals surface area contributed by atoms with Gasteiger partial charge in [-0.3, -0.25) is 0 Å². The Labute approximate surface area is 234 Å². The Kier molecular flexibility index (Phi) is 9.34. The molecular weight excluding hydrogens is 552 g/mol. The molecule has 0 aromatic heterocycles. The van der Waals surface area contributed by atoms with Crippen molar-refractivity contribution in [1.82, 2.24) is 0 Å². The zero-order valence-electron chi connectivity index (χ0n) is 21.6. The van der Waals surface area contributed by atoms with E-state index in [1.54, 1.807) is 36.4 Å². The van der Waals surface area contributed by atoms with E-state index in [1.807, 2.05) is 0 Å². The number of ether oxygens (including phenoxy) is 2. The first-order valence-corrected chi connectivity index (χ1v) is 15.7. The van der Waals surface area contributed by atoms with Gasteiger partial charge in [-0.25, -0.2) is 16.8 Å². The number of para-hydroxylation sites is 2. The van der Waals surface area contributed by atoms with Crippen LogP contribution in [0.1, 0.15) is 25.7 Å². The summed E-state index contributed by atoms with van der Waals surface area (Å²) in [5.74, 6) is 0.505. The molecule has 0 saturated heterocycles. The van der Waals surface area contributed by atoms with Crippen LogP contribution in [0.5, 0.6) is 23.0 Å². The lowest BCUT2D eigenvalue weighted by molar-refractivity contribution is 0.280. The summed E-state index contributed by atoms with van der Waals surface area (Å²) in [6.45, 7) is 0.660. The molecular formula is C30H30O8S2. The zero-order chi connectivity index (χ0) is 28.6. The number of benzene rings is 4. The Morgan fingerprint density at radius 3 is 1.20 bits per heavy atom. The topological polar surface area (TPSA) is 127 Å². The third kappa shape index (κ3) is 6.94. The second-order valence-electron chi connectivity index (χ2n) is 9.00. The SMILES string of the molecule is O=S(=O)(c1ccc(O)cc1)c1ccccc1OCCCCCCOc1ccccc1S(=O)(=O)c1ccc(O)cc1. The first-order valence-electron chi connectivity index (χ1n) is 12.7. The van der Waals surface area contributed by atoms with E-state index in [-0.39, 0.29) is 42.6 Å². The minimum atomic E-state index is -3.81. The summed E-state index contributed by atoms with van der Waals surface area (Å²) in [7, 11) is -7.62. The van der Waals surface area contributed by atoms with E-state index in [9.17, 15) is 27.0 Å². The standard InChI is InChI=1S/C30H30O8S2/c31-23-13-17-25(18-14-23)39(33,34)29-11-5-3-9-27(29)37-21-7-1-2-8-22-38-28-10-4-6-12-30(28)40(35,36)26-19-15-24(32)16-20-26/h3-6,9-20,31-32H,1-2,7-8,21-22H2. The normalized spacial score (nSPS) is 11.7. The fraction of sp³-hybridized carbons (Fsp3) is 0.200. The lowest BCUT2D eigenvalue weighted by Gasteiger charge is -2.13. The molecule has 0 amide bonds. The van der Waals surface area contributed by atoms with E-state index in [1.165, 1.54) is 60.7 Å². The summed E-state index contributed by atoms with van der Waals surface area (Å²) < 4.78 is 63.8. The lowest BCUT2D eigenvalue weighted by Crippen LogP contribution is -2.07. The highest BCUT2D eigenvalue weighted by atomic mass is 32.2. The van der Waals surface area contributed by atoms with Crippen LogP contribution in [0, 0.1) is 0 Å². The third-order valence-corrected chi connectivity index (χ3v) is 9.74. The molecule has 0 fully saturated rings. The maximum Gasteiger partial charge on any atom is 0.210 e. The number of phenols is 2. The molecule has 0 heterocycles. The zero-order valence-corrected chi connectivity index (χ0v) is 23.3. The molecule has 4 rings (SSSR count). The second-order valence-corrected chi connectivity index (χ2v) is 12.8. The summed E-state index contributed by atoms with van der Waals surface area (Å²) in [5.41, 5.74) is 0. The summed E-state index contributed by atoms with van der Waals surface area (Å²) in [4.78, 5) is 0.266. The molecule has 0 unspecified atom stereocenters. The molecule has 0 bridgehead atoms.